The van der Waals surface area contributed by atoms with E-state index in [0.29, 0.717) is 19.5 Å². The second-order valence-corrected chi connectivity index (χ2v) is 4.59. The number of hydrogen-bond acceptors (Lipinski definition) is 3. The van der Waals surface area contributed by atoms with E-state index in [4.69, 9.17) is 4.74 Å². The first-order valence-electron chi connectivity index (χ1n) is 5.54. The molecule has 1 fully saturated rings. The van der Waals surface area contributed by atoms with Crippen molar-refractivity contribution in [1.82, 2.24) is 4.90 Å². The smallest absolute Gasteiger partial charge is 0.323 e. The minimum absolute atomic E-state index is 0.110. The fraction of sp³-hybridized carbons (Fsp3) is 0.909. The molecule has 1 saturated heterocycles. The maximum atomic E-state index is 11.3. The molecule has 88 valence electrons. The first-order valence-corrected chi connectivity index (χ1v) is 5.54. The Morgan fingerprint density at radius 1 is 1.47 bits per heavy atom. The van der Waals surface area contributed by atoms with E-state index in [2.05, 4.69) is 0 Å². The first-order chi connectivity index (χ1) is 6.90. The van der Waals surface area contributed by atoms with Crippen molar-refractivity contribution in [3.63, 3.8) is 0 Å². The number of rotatable bonds is 3. The summed E-state index contributed by atoms with van der Waals surface area (Å²) in [4.78, 5) is 13.3. The molecule has 15 heavy (non-hydrogen) atoms. The van der Waals surface area contributed by atoms with Crippen LogP contribution in [0.1, 0.15) is 34.1 Å². The maximum Gasteiger partial charge on any atom is 0.323 e. The number of ether oxygens (including phenoxy) is 1. The molecule has 0 unspecified atom stereocenters. The van der Waals surface area contributed by atoms with Crippen LogP contribution in [0.2, 0.25) is 0 Å². The topological polar surface area (TPSA) is 49.8 Å². The Bertz CT molecular complexity index is 234. The van der Waals surface area contributed by atoms with E-state index in [0.717, 1.165) is 0 Å². The highest BCUT2D eigenvalue weighted by Gasteiger charge is 2.41. The molecule has 4 nitrogen and oxygen atoms in total. The van der Waals surface area contributed by atoms with Crippen LogP contribution >= 0.6 is 0 Å². The van der Waals surface area contributed by atoms with Crippen molar-refractivity contribution in [2.45, 2.75) is 51.9 Å². The van der Waals surface area contributed by atoms with E-state index >= 15 is 0 Å². The lowest BCUT2D eigenvalue weighted by Gasteiger charge is -2.44. The van der Waals surface area contributed by atoms with E-state index in [1.807, 2.05) is 25.7 Å². The van der Waals surface area contributed by atoms with Crippen LogP contribution in [-0.4, -0.2) is 46.8 Å². The number of carboxylic acids is 1. The van der Waals surface area contributed by atoms with Crippen molar-refractivity contribution < 1.29 is 14.6 Å². The number of aliphatic carboxylic acids is 1. The zero-order valence-corrected chi connectivity index (χ0v) is 9.99. The highest BCUT2D eigenvalue weighted by molar-refractivity contribution is 5.78. The summed E-state index contributed by atoms with van der Waals surface area (Å²) in [6, 6.07) is 0. The Morgan fingerprint density at radius 3 is 2.27 bits per heavy atom. The van der Waals surface area contributed by atoms with Crippen molar-refractivity contribution in [1.29, 1.82) is 0 Å². The molecule has 1 N–H and O–H groups in total. The molecular weight excluding hydrogens is 194 g/mol. The van der Waals surface area contributed by atoms with Gasteiger partial charge in [-0.15, -0.1) is 0 Å². The van der Waals surface area contributed by atoms with Crippen LogP contribution in [0.4, 0.5) is 0 Å². The van der Waals surface area contributed by atoms with Gasteiger partial charge in [0.15, 0.2) is 0 Å². The molecule has 0 aromatic rings. The first kappa shape index (κ1) is 12.5. The summed E-state index contributed by atoms with van der Waals surface area (Å²) in [6.07, 6.45) is 0.833. The summed E-state index contributed by atoms with van der Waals surface area (Å²) in [5.74, 6) is -0.744. The van der Waals surface area contributed by atoms with Crippen LogP contribution in [0.3, 0.4) is 0 Å². The largest absolute Gasteiger partial charge is 0.480 e. The second kappa shape index (κ2) is 4.49. The molecule has 4 heteroatoms. The van der Waals surface area contributed by atoms with Gasteiger partial charge < -0.3 is 9.84 Å². The number of morpholine rings is 1. The molecule has 1 heterocycles. The Hall–Kier alpha value is -0.610. The van der Waals surface area contributed by atoms with E-state index in [-0.39, 0.29) is 12.2 Å². The van der Waals surface area contributed by atoms with Crippen LogP contribution < -0.4 is 0 Å². The number of nitrogens with zero attached hydrogens (tertiary/aromatic N) is 1. The molecule has 0 aliphatic carbocycles. The lowest BCUT2D eigenvalue weighted by molar-refractivity contribution is -0.160. The standard InChI is InChI=1S/C11H21NO3/c1-5-11(4,10(13)14)12-6-8(2)15-9(3)7-12/h8-9H,5-7H2,1-4H3,(H,13,14)/t8-,9-,11-/m1/s1. The quantitative estimate of drug-likeness (QED) is 0.772. The molecule has 0 amide bonds. The van der Waals surface area contributed by atoms with E-state index in [1.165, 1.54) is 0 Å². The van der Waals surface area contributed by atoms with Gasteiger partial charge in [-0.1, -0.05) is 6.92 Å². The van der Waals surface area contributed by atoms with Gasteiger partial charge in [0.05, 0.1) is 12.2 Å². The zero-order chi connectivity index (χ0) is 11.6. The maximum absolute atomic E-state index is 11.3. The molecule has 0 aromatic heterocycles. The van der Waals surface area contributed by atoms with E-state index in [1.54, 1.807) is 6.92 Å². The Balaban J connectivity index is 2.80. The lowest BCUT2D eigenvalue weighted by Crippen LogP contribution is -2.59. The van der Waals surface area contributed by atoms with Crippen molar-refractivity contribution in [2.24, 2.45) is 0 Å². The summed E-state index contributed by atoms with van der Waals surface area (Å²) in [5, 5.41) is 9.27. The van der Waals surface area contributed by atoms with Gasteiger partial charge in [0, 0.05) is 13.1 Å². The third-order valence-corrected chi connectivity index (χ3v) is 3.27. The molecule has 3 atom stereocenters. The van der Waals surface area contributed by atoms with Gasteiger partial charge in [0.25, 0.3) is 0 Å². The normalized spacial score (nSPS) is 32.3. The van der Waals surface area contributed by atoms with E-state index < -0.39 is 11.5 Å². The van der Waals surface area contributed by atoms with Crippen molar-refractivity contribution in [3.8, 4) is 0 Å². The summed E-state index contributed by atoms with van der Waals surface area (Å²) in [7, 11) is 0. The highest BCUT2D eigenvalue weighted by Crippen LogP contribution is 2.24. The van der Waals surface area contributed by atoms with Gasteiger partial charge >= 0.3 is 5.97 Å². The predicted molar refractivity (Wildman–Crippen MR) is 57.9 cm³/mol. The molecule has 0 bridgehead atoms. The van der Waals surface area contributed by atoms with Crippen LogP contribution in [0.15, 0.2) is 0 Å². The van der Waals surface area contributed by atoms with Gasteiger partial charge in [0.2, 0.25) is 0 Å². The Labute approximate surface area is 91.2 Å². The van der Waals surface area contributed by atoms with Gasteiger partial charge in [-0.2, -0.15) is 0 Å². The fourth-order valence-electron chi connectivity index (χ4n) is 2.09. The molecule has 1 rings (SSSR count). The molecule has 0 spiro atoms. The highest BCUT2D eigenvalue weighted by atomic mass is 16.5. The van der Waals surface area contributed by atoms with Crippen molar-refractivity contribution >= 4 is 5.97 Å². The minimum atomic E-state index is -0.758. The number of hydrogen-bond donors (Lipinski definition) is 1. The number of carbonyl (C=O) groups is 1. The monoisotopic (exact) mass is 215 g/mol. The van der Waals surface area contributed by atoms with Gasteiger partial charge in [-0.25, -0.2) is 0 Å². The van der Waals surface area contributed by atoms with Crippen LogP contribution in [-0.2, 0) is 9.53 Å². The summed E-state index contributed by atoms with van der Waals surface area (Å²) in [6.45, 7) is 9.07. The number of carboxylic acid groups (broad SMARTS) is 1. The molecule has 1 aliphatic heterocycles. The average molecular weight is 215 g/mol. The zero-order valence-electron chi connectivity index (χ0n) is 9.99. The van der Waals surface area contributed by atoms with Crippen molar-refractivity contribution in [3.05, 3.63) is 0 Å². The molecule has 0 aromatic carbocycles. The van der Waals surface area contributed by atoms with Gasteiger partial charge in [-0.05, 0) is 27.2 Å². The minimum Gasteiger partial charge on any atom is -0.480 e. The average Bonchev–Trinajstić information content (AvgIpc) is 2.14. The van der Waals surface area contributed by atoms with Crippen LogP contribution in [0.5, 0.6) is 0 Å². The van der Waals surface area contributed by atoms with Gasteiger partial charge in [-0.3, -0.25) is 9.69 Å². The third kappa shape index (κ3) is 2.49. The molecule has 0 radical (unpaired) electrons. The van der Waals surface area contributed by atoms with Crippen LogP contribution in [0.25, 0.3) is 0 Å². The molecule has 1 aliphatic rings. The second-order valence-electron chi connectivity index (χ2n) is 4.59. The Kier molecular flexibility index (Phi) is 3.73. The summed E-state index contributed by atoms with van der Waals surface area (Å²) >= 11 is 0. The van der Waals surface area contributed by atoms with Gasteiger partial charge in [0.1, 0.15) is 5.54 Å². The Morgan fingerprint density at radius 2 is 1.93 bits per heavy atom. The van der Waals surface area contributed by atoms with E-state index in [9.17, 15) is 9.90 Å². The fourth-order valence-corrected chi connectivity index (χ4v) is 2.09. The lowest BCUT2D eigenvalue weighted by atomic mass is 9.95. The third-order valence-electron chi connectivity index (χ3n) is 3.27. The van der Waals surface area contributed by atoms with Crippen LogP contribution in [0, 0.1) is 0 Å². The summed E-state index contributed by atoms with van der Waals surface area (Å²) in [5.41, 5.74) is -0.758. The molecular formula is C11H21NO3. The molecule has 0 saturated carbocycles. The SMILES string of the molecule is CC[C@](C)(C(=O)O)N1C[C@@H](C)O[C@H](C)C1. The predicted octanol–water partition coefficient (Wildman–Crippen LogP) is 1.35. The van der Waals surface area contributed by atoms with Crippen molar-refractivity contribution in [2.75, 3.05) is 13.1 Å². The summed E-state index contributed by atoms with van der Waals surface area (Å²) < 4.78 is 5.60.